The van der Waals surface area contributed by atoms with Gasteiger partial charge in [0.15, 0.2) is 0 Å². The monoisotopic (exact) mass is 355 g/mol. The van der Waals surface area contributed by atoms with Crippen molar-refractivity contribution >= 4 is 23.4 Å². The zero-order valence-electron chi connectivity index (χ0n) is 15.1. The van der Waals surface area contributed by atoms with Crippen molar-refractivity contribution in [2.24, 2.45) is 11.8 Å². The number of imide groups is 1. The number of hydrogen-bond acceptors (Lipinski definition) is 4. The first kappa shape index (κ1) is 17.2. The lowest BCUT2D eigenvalue weighted by molar-refractivity contribution is -0.139. The van der Waals surface area contributed by atoms with Gasteiger partial charge >= 0.3 is 0 Å². The van der Waals surface area contributed by atoms with E-state index in [0.29, 0.717) is 18.8 Å². The van der Waals surface area contributed by atoms with Crippen molar-refractivity contribution in [2.45, 2.75) is 38.0 Å². The normalized spacial score (nSPS) is 26.8. The Morgan fingerprint density at radius 1 is 1.12 bits per heavy atom. The fourth-order valence-electron chi connectivity index (χ4n) is 4.57. The summed E-state index contributed by atoms with van der Waals surface area (Å²) in [4.78, 5) is 38.2. The SMILES string of the molecule is CN1C(=O)C(C2CCC(=O)NC2=O)c2ccc(CC3CCNCC3)cc21. The van der Waals surface area contributed by atoms with Gasteiger partial charge in [0.25, 0.3) is 0 Å². The third-order valence-electron chi connectivity index (χ3n) is 6.06. The van der Waals surface area contributed by atoms with Crippen LogP contribution in [0.4, 0.5) is 5.69 Å². The Labute approximate surface area is 153 Å². The number of hydrogen-bond donors (Lipinski definition) is 2. The van der Waals surface area contributed by atoms with Gasteiger partial charge in [-0.05, 0) is 61.9 Å². The van der Waals surface area contributed by atoms with Crippen molar-refractivity contribution in [3.8, 4) is 0 Å². The molecule has 1 aromatic rings. The fraction of sp³-hybridized carbons (Fsp3) is 0.550. The van der Waals surface area contributed by atoms with E-state index in [2.05, 4.69) is 22.8 Å². The lowest BCUT2D eigenvalue weighted by Crippen LogP contribution is -2.44. The Kier molecular flexibility index (Phi) is 4.53. The molecular weight excluding hydrogens is 330 g/mol. The summed E-state index contributed by atoms with van der Waals surface area (Å²) in [6, 6.07) is 6.23. The predicted molar refractivity (Wildman–Crippen MR) is 97.8 cm³/mol. The molecule has 1 aromatic carbocycles. The number of amides is 3. The molecule has 2 unspecified atom stereocenters. The van der Waals surface area contributed by atoms with Gasteiger partial charge in [0, 0.05) is 19.2 Å². The van der Waals surface area contributed by atoms with Crippen LogP contribution in [-0.4, -0.2) is 37.9 Å². The topological polar surface area (TPSA) is 78.5 Å². The second-order valence-corrected chi connectivity index (χ2v) is 7.72. The van der Waals surface area contributed by atoms with Crippen molar-refractivity contribution < 1.29 is 14.4 Å². The van der Waals surface area contributed by atoms with Gasteiger partial charge in [-0.15, -0.1) is 0 Å². The average molecular weight is 355 g/mol. The van der Waals surface area contributed by atoms with E-state index in [1.807, 2.05) is 6.07 Å². The number of fused-ring (bicyclic) bond motifs is 1. The van der Waals surface area contributed by atoms with E-state index in [0.717, 1.165) is 30.8 Å². The van der Waals surface area contributed by atoms with Crippen LogP contribution >= 0.6 is 0 Å². The highest BCUT2D eigenvalue weighted by atomic mass is 16.2. The summed E-state index contributed by atoms with van der Waals surface area (Å²) in [7, 11) is 1.78. The van der Waals surface area contributed by atoms with Gasteiger partial charge in [0.1, 0.15) is 0 Å². The second kappa shape index (κ2) is 6.83. The molecule has 2 saturated heterocycles. The predicted octanol–water partition coefficient (Wildman–Crippen LogP) is 1.34. The van der Waals surface area contributed by atoms with Gasteiger partial charge in [0.05, 0.1) is 11.8 Å². The Morgan fingerprint density at radius 2 is 1.88 bits per heavy atom. The highest BCUT2D eigenvalue weighted by molar-refractivity contribution is 6.09. The van der Waals surface area contributed by atoms with E-state index >= 15 is 0 Å². The molecule has 0 spiro atoms. The minimum absolute atomic E-state index is 0.0477. The number of nitrogens with zero attached hydrogens (tertiary/aromatic N) is 1. The maximum atomic E-state index is 12.8. The molecule has 2 atom stereocenters. The zero-order valence-corrected chi connectivity index (χ0v) is 15.1. The van der Waals surface area contributed by atoms with Crippen molar-refractivity contribution in [3.05, 3.63) is 29.3 Å². The Balaban J connectivity index is 1.58. The van der Waals surface area contributed by atoms with Crippen LogP contribution in [0.3, 0.4) is 0 Å². The molecule has 3 amide bonds. The van der Waals surface area contributed by atoms with E-state index in [-0.39, 0.29) is 17.7 Å². The van der Waals surface area contributed by atoms with Crippen molar-refractivity contribution in [1.82, 2.24) is 10.6 Å². The van der Waals surface area contributed by atoms with E-state index in [4.69, 9.17) is 0 Å². The van der Waals surface area contributed by atoms with Gasteiger partial charge in [-0.1, -0.05) is 12.1 Å². The van der Waals surface area contributed by atoms with Crippen LogP contribution in [-0.2, 0) is 20.8 Å². The van der Waals surface area contributed by atoms with Crippen LogP contribution < -0.4 is 15.5 Å². The minimum Gasteiger partial charge on any atom is -0.317 e. The molecule has 0 aromatic heterocycles. The molecule has 6 nitrogen and oxygen atoms in total. The lowest BCUT2D eigenvalue weighted by Gasteiger charge is -2.25. The molecule has 2 fully saturated rings. The van der Waals surface area contributed by atoms with Gasteiger partial charge in [-0.2, -0.15) is 0 Å². The van der Waals surface area contributed by atoms with Crippen LogP contribution in [0.2, 0.25) is 0 Å². The Hall–Kier alpha value is -2.21. The molecule has 138 valence electrons. The summed E-state index contributed by atoms with van der Waals surface area (Å²) in [5.41, 5.74) is 3.08. The van der Waals surface area contributed by atoms with E-state index in [1.165, 1.54) is 18.4 Å². The lowest BCUT2D eigenvalue weighted by atomic mass is 9.81. The average Bonchev–Trinajstić information content (AvgIpc) is 2.87. The molecule has 3 aliphatic rings. The first-order valence-corrected chi connectivity index (χ1v) is 9.49. The summed E-state index contributed by atoms with van der Waals surface area (Å²) in [6.07, 6.45) is 4.13. The number of benzene rings is 1. The maximum absolute atomic E-state index is 12.8. The van der Waals surface area contributed by atoms with Crippen LogP contribution in [0.1, 0.15) is 42.7 Å². The molecule has 4 rings (SSSR count). The van der Waals surface area contributed by atoms with E-state index < -0.39 is 11.8 Å². The van der Waals surface area contributed by atoms with Gasteiger partial charge in [-0.3, -0.25) is 19.7 Å². The van der Waals surface area contributed by atoms with Crippen LogP contribution in [0.15, 0.2) is 18.2 Å². The number of piperidine rings is 2. The maximum Gasteiger partial charge on any atom is 0.235 e. The molecule has 6 heteroatoms. The number of likely N-dealkylation sites (N-methyl/N-ethyl adjacent to an activating group) is 1. The molecule has 0 bridgehead atoms. The van der Waals surface area contributed by atoms with Gasteiger partial charge in [-0.25, -0.2) is 0 Å². The third-order valence-corrected chi connectivity index (χ3v) is 6.06. The quantitative estimate of drug-likeness (QED) is 0.802. The highest BCUT2D eigenvalue weighted by Crippen LogP contribution is 2.43. The first-order chi connectivity index (χ1) is 12.5. The first-order valence-electron chi connectivity index (χ1n) is 9.49. The largest absolute Gasteiger partial charge is 0.317 e. The number of carbonyl (C=O) groups is 3. The molecule has 2 N–H and O–H groups in total. The van der Waals surface area contributed by atoms with E-state index in [9.17, 15) is 14.4 Å². The third kappa shape index (κ3) is 3.03. The van der Waals surface area contributed by atoms with Crippen molar-refractivity contribution in [1.29, 1.82) is 0 Å². The van der Waals surface area contributed by atoms with Crippen molar-refractivity contribution in [2.75, 3.05) is 25.0 Å². The van der Waals surface area contributed by atoms with Crippen LogP contribution in [0, 0.1) is 11.8 Å². The molecular formula is C20H25N3O3. The molecule has 0 saturated carbocycles. The van der Waals surface area contributed by atoms with Gasteiger partial charge < -0.3 is 10.2 Å². The van der Waals surface area contributed by atoms with E-state index in [1.54, 1.807) is 11.9 Å². The summed E-state index contributed by atoms with van der Waals surface area (Å²) < 4.78 is 0. The number of nitrogens with one attached hydrogen (secondary N) is 2. The molecule has 3 heterocycles. The van der Waals surface area contributed by atoms with Gasteiger partial charge in [0.2, 0.25) is 17.7 Å². The Bertz CT molecular complexity index is 755. The van der Waals surface area contributed by atoms with Crippen LogP contribution in [0.5, 0.6) is 0 Å². The molecule has 0 aliphatic carbocycles. The Morgan fingerprint density at radius 3 is 2.62 bits per heavy atom. The fourth-order valence-corrected chi connectivity index (χ4v) is 4.57. The molecule has 3 aliphatic heterocycles. The van der Waals surface area contributed by atoms with Crippen LogP contribution in [0.25, 0.3) is 0 Å². The number of anilines is 1. The summed E-state index contributed by atoms with van der Waals surface area (Å²) in [5, 5.41) is 5.77. The summed E-state index contributed by atoms with van der Waals surface area (Å²) >= 11 is 0. The smallest absolute Gasteiger partial charge is 0.235 e. The minimum atomic E-state index is -0.476. The molecule has 0 radical (unpaired) electrons. The second-order valence-electron chi connectivity index (χ2n) is 7.72. The number of rotatable bonds is 3. The number of carbonyl (C=O) groups excluding carboxylic acids is 3. The highest BCUT2D eigenvalue weighted by Gasteiger charge is 2.45. The summed E-state index contributed by atoms with van der Waals surface area (Å²) in [5.74, 6) is -0.867. The standard InChI is InChI=1S/C20H25N3O3/c1-23-16-11-13(10-12-6-8-21-9-7-12)2-3-14(16)18(20(23)26)15-4-5-17(24)22-19(15)25/h2-3,11-12,15,18,21H,4-10H2,1H3,(H,22,24,25). The molecule has 26 heavy (non-hydrogen) atoms. The zero-order chi connectivity index (χ0) is 18.3. The summed E-state index contributed by atoms with van der Waals surface area (Å²) in [6.45, 7) is 2.15. The van der Waals surface area contributed by atoms with Crippen molar-refractivity contribution in [3.63, 3.8) is 0 Å².